The zero-order chi connectivity index (χ0) is 28.9. The lowest BCUT2D eigenvalue weighted by Gasteiger charge is -2.69. The second-order valence-electron chi connectivity index (χ2n) is 13.5. The number of benzene rings is 1. The molecule has 9 nitrogen and oxygen atoms in total. The summed E-state index contributed by atoms with van der Waals surface area (Å²) < 4.78 is 31.4. The Morgan fingerprint density at radius 3 is 2.44 bits per heavy atom. The van der Waals surface area contributed by atoms with E-state index >= 15 is 0 Å². The van der Waals surface area contributed by atoms with E-state index in [9.17, 15) is 15.0 Å². The minimum absolute atomic E-state index is 0.0185. The van der Waals surface area contributed by atoms with Crippen LogP contribution >= 0.6 is 0 Å². The molecule has 2 N–H and O–H groups in total. The number of fused-ring (bicyclic) bond motifs is 2. The third-order valence-electron chi connectivity index (χ3n) is 12.7. The van der Waals surface area contributed by atoms with Gasteiger partial charge in [0.05, 0.1) is 30.5 Å². The normalized spacial score (nSPS) is 51.0. The van der Waals surface area contributed by atoms with Crippen molar-refractivity contribution in [3.8, 4) is 0 Å². The molecule has 0 amide bonds. The Morgan fingerprint density at radius 1 is 1.05 bits per heavy atom. The van der Waals surface area contributed by atoms with Crippen LogP contribution in [0.15, 0.2) is 30.3 Å². The maximum Gasteiger partial charge on any atom is 0.338 e. The van der Waals surface area contributed by atoms with Gasteiger partial charge in [0.2, 0.25) is 0 Å². The molecule has 14 atom stereocenters. The van der Waals surface area contributed by atoms with Gasteiger partial charge >= 0.3 is 5.97 Å². The molecular weight excluding hydrogens is 526 g/mol. The number of methoxy groups -OCH3 is 4. The quantitative estimate of drug-likeness (QED) is 0.453. The van der Waals surface area contributed by atoms with Crippen LogP contribution in [0.5, 0.6) is 0 Å². The van der Waals surface area contributed by atoms with E-state index in [4.69, 9.17) is 23.7 Å². The van der Waals surface area contributed by atoms with Crippen LogP contribution < -0.4 is 0 Å². The van der Waals surface area contributed by atoms with Gasteiger partial charge in [-0.2, -0.15) is 0 Å². The number of ether oxygens (including phenoxy) is 5. The molecule has 7 rings (SSSR count). The molecular formula is C32H45NO8. The number of aliphatic hydroxyl groups excluding tert-OH is 2. The van der Waals surface area contributed by atoms with Crippen LogP contribution in [0.2, 0.25) is 0 Å². The van der Waals surface area contributed by atoms with Crippen molar-refractivity contribution in [1.29, 1.82) is 0 Å². The molecule has 0 aromatic heterocycles. The predicted octanol–water partition coefficient (Wildman–Crippen LogP) is 1.99. The van der Waals surface area contributed by atoms with E-state index in [1.54, 1.807) is 40.6 Å². The van der Waals surface area contributed by atoms with Crippen molar-refractivity contribution in [3.63, 3.8) is 0 Å². The molecule has 5 aliphatic carbocycles. The number of carbonyl (C=O) groups excluding carboxylic acids is 1. The van der Waals surface area contributed by atoms with Gasteiger partial charge in [0, 0.05) is 75.5 Å². The second-order valence-corrected chi connectivity index (χ2v) is 13.5. The summed E-state index contributed by atoms with van der Waals surface area (Å²) in [6, 6.07) is 9.00. The summed E-state index contributed by atoms with van der Waals surface area (Å²) >= 11 is 0. The van der Waals surface area contributed by atoms with E-state index in [0.717, 1.165) is 25.9 Å². The molecule has 1 heterocycles. The number of piperidine rings is 1. The summed E-state index contributed by atoms with van der Waals surface area (Å²) in [4.78, 5) is 16.1. The van der Waals surface area contributed by atoms with Crippen molar-refractivity contribution < 1.29 is 38.7 Å². The Hall–Kier alpha value is -1.59. The standard InChI is InChI=1S/C32H45NO8/c1-6-33-15-30(16-37-2)13-12-20(38-3)31-19-14-18-24(41-29(36)17-10-8-7-9-11-17)21(19)32(40-5,28(35)25(18)39-4)22(27(31)33)23(34)26(30)31/h7-11,18-28,34-35H,6,12-16H2,1-5H3/t18-,19+,20-,21+,22-,23-,24-,25+,26+,27?,28-,30-,31-,32+/m0/s1. The van der Waals surface area contributed by atoms with Crippen LogP contribution in [0.4, 0.5) is 0 Å². The van der Waals surface area contributed by atoms with E-state index in [1.165, 1.54) is 0 Å². The average Bonchev–Trinajstić information content (AvgIpc) is 3.39. The molecule has 1 aliphatic heterocycles. The molecule has 9 heteroatoms. The van der Waals surface area contributed by atoms with Crippen LogP contribution in [0.3, 0.4) is 0 Å². The van der Waals surface area contributed by atoms with Gasteiger partial charge in [-0.05, 0) is 43.9 Å². The first kappa shape index (κ1) is 28.2. The Morgan fingerprint density at radius 2 is 1.80 bits per heavy atom. The van der Waals surface area contributed by atoms with Gasteiger partial charge < -0.3 is 33.9 Å². The number of hydrogen-bond donors (Lipinski definition) is 2. The summed E-state index contributed by atoms with van der Waals surface area (Å²) in [6.07, 6.45) is -0.473. The number of rotatable bonds is 8. The summed E-state index contributed by atoms with van der Waals surface area (Å²) in [6.45, 7) is 4.37. The number of esters is 1. The third-order valence-corrected chi connectivity index (χ3v) is 12.7. The van der Waals surface area contributed by atoms with E-state index in [-0.39, 0.29) is 47.2 Å². The second kappa shape index (κ2) is 9.71. The van der Waals surface area contributed by atoms with E-state index in [1.807, 2.05) is 18.2 Å². The molecule has 1 spiro atoms. The highest BCUT2D eigenvalue weighted by atomic mass is 16.6. The fourth-order valence-corrected chi connectivity index (χ4v) is 12.1. The van der Waals surface area contributed by atoms with Crippen LogP contribution in [0.25, 0.3) is 0 Å². The van der Waals surface area contributed by atoms with Gasteiger partial charge in [-0.25, -0.2) is 4.79 Å². The highest BCUT2D eigenvalue weighted by molar-refractivity contribution is 5.89. The fourth-order valence-electron chi connectivity index (χ4n) is 12.1. The Bertz CT molecular complexity index is 1170. The molecule has 6 aliphatic rings. The van der Waals surface area contributed by atoms with Crippen LogP contribution in [0, 0.1) is 40.4 Å². The zero-order valence-electron chi connectivity index (χ0n) is 24.8. The first-order valence-corrected chi connectivity index (χ1v) is 15.3. The predicted molar refractivity (Wildman–Crippen MR) is 148 cm³/mol. The molecule has 41 heavy (non-hydrogen) atoms. The molecule has 6 fully saturated rings. The molecule has 7 bridgehead atoms. The van der Waals surface area contributed by atoms with Crippen molar-refractivity contribution in [2.45, 2.75) is 68.3 Å². The summed E-state index contributed by atoms with van der Waals surface area (Å²) in [5.74, 6) is -1.44. The molecule has 1 aromatic carbocycles. The van der Waals surface area contributed by atoms with Crippen molar-refractivity contribution in [3.05, 3.63) is 35.9 Å². The van der Waals surface area contributed by atoms with Crippen LogP contribution in [-0.2, 0) is 23.7 Å². The van der Waals surface area contributed by atoms with Crippen molar-refractivity contribution in [1.82, 2.24) is 4.90 Å². The SMILES string of the molecule is CCN1C[C@]2(COC)CC[C@H](OC)[C@]34C1[C@H]([C@H](O)[C@H]23)[C@]1(OC)[C@H]2[C@@H](OC(=O)c3ccccc3)[C@H](C[C@H]24)[C@@H](OC)[C@@H]1O. The van der Waals surface area contributed by atoms with E-state index in [2.05, 4.69) is 11.8 Å². The van der Waals surface area contributed by atoms with Crippen LogP contribution in [-0.4, -0.2) is 111 Å². The van der Waals surface area contributed by atoms with Gasteiger partial charge in [0.1, 0.15) is 17.8 Å². The van der Waals surface area contributed by atoms with Gasteiger partial charge in [0.25, 0.3) is 0 Å². The van der Waals surface area contributed by atoms with Crippen molar-refractivity contribution in [2.24, 2.45) is 40.4 Å². The summed E-state index contributed by atoms with van der Waals surface area (Å²) in [5.41, 5.74) is -1.34. The largest absolute Gasteiger partial charge is 0.458 e. The van der Waals surface area contributed by atoms with Crippen LogP contribution in [0.1, 0.15) is 36.5 Å². The summed E-state index contributed by atoms with van der Waals surface area (Å²) in [5, 5.41) is 24.9. The number of aliphatic hydroxyl groups is 2. The first-order chi connectivity index (χ1) is 19.8. The molecule has 1 unspecified atom stereocenters. The fraction of sp³-hybridized carbons (Fsp3) is 0.781. The highest BCUT2D eigenvalue weighted by Gasteiger charge is 2.88. The topological polar surface area (TPSA) is 107 Å². The molecule has 1 aromatic rings. The zero-order valence-corrected chi connectivity index (χ0v) is 24.8. The number of hydrogen-bond acceptors (Lipinski definition) is 9. The average molecular weight is 572 g/mol. The van der Waals surface area contributed by atoms with Gasteiger partial charge in [-0.1, -0.05) is 25.1 Å². The first-order valence-electron chi connectivity index (χ1n) is 15.3. The lowest BCUT2D eigenvalue weighted by atomic mass is 9.43. The smallest absolute Gasteiger partial charge is 0.338 e. The monoisotopic (exact) mass is 571 g/mol. The Balaban J connectivity index is 1.45. The van der Waals surface area contributed by atoms with Crippen molar-refractivity contribution >= 4 is 5.97 Å². The van der Waals surface area contributed by atoms with Gasteiger partial charge in [-0.3, -0.25) is 4.90 Å². The third kappa shape index (κ3) is 3.19. The van der Waals surface area contributed by atoms with E-state index in [0.29, 0.717) is 18.6 Å². The lowest BCUT2D eigenvalue weighted by Crippen LogP contribution is -2.79. The minimum atomic E-state index is -1.17. The number of nitrogens with zero attached hydrogens (tertiary/aromatic N) is 1. The van der Waals surface area contributed by atoms with E-state index < -0.39 is 41.3 Å². The Kier molecular flexibility index (Phi) is 6.68. The molecule has 226 valence electrons. The summed E-state index contributed by atoms with van der Waals surface area (Å²) in [7, 11) is 6.81. The minimum Gasteiger partial charge on any atom is -0.458 e. The number of carbonyl (C=O) groups is 1. The number of likely N-dealkylation sites (tertiary alicyclic amines) is 1. The molecule has 1 saturated heterocycles. The molecule has 0 radical (unpaired) electrons. The lowest BCUT2D eigenvalue weighted by molar-refractivity contribution is -0.306. The maximum atomic E-state index is 13.6. The molecule has 5 saturated carbocycles. The van der Waals surface area contributed by atoms with Gasteiger partial charge in [0.15, 0.2) is 0 Å². The van der Waals surface area contributed by atoms with Gasteiger partial charge in [-0.15, -0.1) is 0 Å². The van der Waals surface area contributed by atoms with Crippen molar-refractivity contribution in [2.75, 3.05) is 48.1 Å². The maximum absolute atomic E-state index is 13.6. The highest BCUT2D eigenvalue weighted by Crippen LogP contribution is 2.79. The Labute approximate surface area is 242 Å².